The zero-order chi connectivity index (χ0) is 15.0. The van der Waals surface area contributed by atoms with Crippen LogP contribution < -0.4 is 10.5 Å². The molecule has 0 fully saturated rings. The number of hydrogen-bond acceptors (Lipinski definition) is 5. The number of hydrogen-bond donors (Lipinski definition) is 1. The van der Waals surface area contributed by atoms with Crippen LogP contribution in [0.3, 0.4) is 0 Å². The summed E-state index contributed by atoms with van der Waals surface area (Å²) in [5.74, 6) is 2.20. The minimum atomic E-state index is -0.523. The third kappa shape index (κ3) is 5.73. The summed E-state index contributed by atoms with van der Waals surface area (Å²) in [5.41, 5.74) is 6.93. The molecule has 1 unspecified atom stereocenters. The molecule has 0 aliphatic carbocycles. The first-order chi connectivity index (χ1) is 9.58. The summed E-state index contributed by atoms with van der Waals surface area (Å²) >= 11 is 5.20. The van der Waals surface area contributed by atoms with Gasteiger partial charge in [-0.25, -0.2) is 0 Å². The van der Waals surface area contributed by atoms with Gasteiger partial charge in [-0.1, -0.05) is 6.07 Å². The molecule has 1 aromatic carbocycles. The summed E-state index contributed by atoms with van der Waals surface area (Å²) in [5, 5.41) is 0. The van der Waals surface area contributed by atoms with E-state index in [9.17, 15) is 4.79 Å². The van der Waals surface area contributed by atoms with E-state index >= 15 is 0 Å². The summed E-state index contributed by atoms with van der Waals surface area (Å²) in [6, 6.07) is 5.48. The van der Waals surface area contributed by atoms with Crippen molar-refractivity contribution in [2.45, 2.75) is 25.1 Å². The summed E-state index contributed by atoms with van der Waals surface area (Å²) in [7, 11) is 1.64. The average Bonchev–Trinajstić information content (AvgIpc) is 2.43. The van der Waals surface area contributed by atoms with E-state index in [4.69, 9.17) is 15.2 Å². The highest BCUT2D eigenvalue weighted by atomic mass is 79.9. The van der Waals surface area contributed by atoms with E-state index < -0.39 is 6.04 Å². The van der Waals surface area contributed by atoms with E-state index in [0.29, 0.717) is 13.0 Å². The fraction of sp³-hybridized carbons (Fsp3) is 0.500. The highest BCUT2D eigenvalue weighted by Crippen LogP contribution is 2.27. The molecule has 0 saturated carbocycles. The molecule has 2 N–H and O–H groups in total. The number of esters is 1. The largest absolute Gasteiger partial charge is 0.496 e. The summed E-state index contributed by atoms with van der Waals surface area (Å²) in [6.07, 6.45) is 0.626. The van der Waals surface area contributed by atoms with Crippen molar-refractivity contribution in [2.75, 3.05) is 19.5 Å². The van der Waals surface area contributed by atoms with Crippen molar-refractivity contribution >= 4 is 33.7 Å². The number of benzene rings is 1. The molecule has 20 heavy (non-hydrogen) atoms. The van der Waals surface area contributed by atoms with Crippen LogP contribution in [0.5, 0.6) is 5.75 Å². The molecule has 1 rings (SSSR count). The molecule has 1 atom stereocenters. The first kappa shape index (κ1) is 17.3. The van der Waals surface area contributed by atoms with Gasteiger partial charge in [-0.2, -0.15) is 11.8 Å². The topological polar surface area (TPSA) is 61.5 Å². The lowest BCUT2D eigenvalue weighted by Crippen LogP contribution is -2.32. The Morgan fingerprint density at radius 1 is 1.50 bits per heavy atom. The second-order valence-electron chi connectivity index (χ2n) is 4.17. The number of carbonyl (C=O) groups is 1. The maximum atomic E-state index is 11.3. The smallest absolute Gasteiger partial charge is 0.322 e. The maximum absolute atomic E-state index is 11.3. The van der Waals surface area contributed by atoms with Gasteiger partial charge < -0.3 is 15.2 Å². The van der Waals surface area contributed by atoms with Gasteiger partial charge in [0.05, 0.1) is 18.2 Å². The summed E-state index contributed by atoms with van der Waals surface area (Å²) in [6.45, 7) is 2.15. The lowest BCUT2D eigenvalue weighted by atomic mass is 10.2. The van der Waals surface area contributed by atoms with Crippen LogP contribution in [0.1, 0.15) is 18.9 Å². The van der Waals surface area contributed by atoms with Crippen LogP contribution >= 0.6 is 27.7 Å². The van der Waals surface area contributed by atoms with E-state index in [0.717, 1.165) is 21.7 Å². The molecule has 0 saturated heterocycles. The van der Waals surface area contributed by atoms with Crippen molar-refractivity contribution < 1.29 is 14.3 Å². The molecule has 0 radical (unpaired) electrons. The van der Waals surface area contributed by atoms with Crippen molar-refractivity contribution in [1.82, 2.24) is 0 Å². The Hall–Kier alpha value is -0.720. The molecule has 112 valence electrons. The number of ether oxygens (including phenoxy) is 2. The number of carbonyl (C=O) groups excluding carboxylic acids is 1. The fourth-order valence-corrected chi connectivity index (χ4v) is 3.14. The second-order valence-corrected chi connectivity index (χ2v) is 6.13. The molecule has 6 heteroatoms. The van der Waals surface area contributed by atoms with Crippen molar-refractivity contribution in [1.29, 1.82) is 0 Å². The predicted octanol–water partition coefficient (Wildman–Crippen LogP) is 2.97. The number of methoxy groups -OCH3 is 1. The standard InChI is InChI=1S/C14H20BrNO3S/c1-3-19-14(17)12(16)6-7-20-9-10-4-5-13(18-2)11(15)8-10/h4-5,8,12H,3,6-7,9,16H2,1-2H3. The Morgan fingerprint density at radius 3 is 2.85 bits per heavy atom. The predicted molar refractivity (Wildman–Crippen MR) is 86.1 cm³/mol. The van der Waals surface area contributed by atoms with Gasteiger partial charge in [0.25, 0.3) is 0 Å². The van der Waals surface area contributed by atoms with Crippen molar-refractivity contribution in [3.63, 3.8) is 0 Å². The Balaban J connectivity index is 2.31. The summed E-state index contributed by atoms with van der Waals surface area (Å²) < 4.78 is 11.0. The van der Waals surface area contributed by atoms with E-state index in [1.807, 2.05) is 18.2 Å². The summed E-state index contributed by atoms with van der Waals surface area (Å²) in [4.78, 5) is 11.3. The molecular formula is C14H20BrNO3S. The molecule has 0 heterocycles. The van der Waals surface area contributed by atoms with E-state index in [2.05, 4.69) is 15.9 Å². The van der Waals surface area contributed by atoms with Crippen LogP contribution in [-0.2, 0) is 15.3 Å². The monoisotopic (exact) mass is 361 g/mol. The Labute approximate surface area is 132 Å². The highest BCUT2D eigenvalue weighted by Gasteiger charge is 2.13. The molecule has 0 aliphatic heterocycles. The SMILES string of the molecule is CCOC(=O)C(N)CCSCc1ccc(OC)c(Br)c1. The maximum Gasteiger partial charge on any atom is 0.322 e. The molecule has 0 bridgehead atoms. The van der Waals surface area contributed by atoms with Gasteiger partial charge in [-0.05, 0) is 52.7 Å². The van der Waals surface area contributed by atoms with Gasteiger partial charge >= 0.3 is 5.97 Å². The van der Waals surface area contributed by atoms with E-state index in [1.165, 1.54) is 5.56 Å². The van der Waals surface area contributed by atoms with Crippen molar-refractivity contribution in [3.05, 3.63) is 28.2 Å². The van der Waals surface area contributed by atoms with Gasteiger partial charge in [0.2, 0.25) is 0 Å². The zero-order valence-electron chi connectivity index (χ0n) is 11.7. The highest BCUT2D eigenvalue weighted by molar-refractivity contribution is 9.10. The van der Waals surface area contributed by atoms with Crippen LogP contribution in [0.2, 0.25) is 0 Å². The van der Waals surface area contributed by atoms with Crippen molar-refractivity contribution in [2.24, 2.45) is 5.73 Å². The quantitative estimate of drug-likeness (QED) is 0.569. The van der Waals surface area contributed by atoms with Crippen LogP contribution in [0.25, 0.3) is 0 Å². The van der Waals surface area contributed by atoms with Gasteiger partial charge in [0, 0.05) is 5.75 Å². The van der Waals surface area contributed by atoms with Crippen LogP contribution in [-0.4, -0.2) is 31.5 Å². The molecule has 4 nitrogen and oxygen atoms in total. The van der Waals surface area contributed by atoms with E-state index in [1.54, 1.807) is 25.8 Å². The first-order valence-electron chi connectivity index (χ1n) is 6.40. The normalized spacial score (nSPS) is 12.0. The van der Waals surface area contributed by atoms with Gasteiger partial charge in [-0.3, -0.25) is 4.79 Å². The lowest BCUT2D eigenvalue weighted by Gasteiger charge is -2.10. The lowest BCUT2D eigenvalue weighted by molar-refractivity contribution is -0.144. The number of nitrogens with two attached hydrogens (primary N) is 1. The van der Waals surface area contributed by atoms with E-state index in [-0.39, 0.29) is 5.97 Å². The van der Waals surface area contributed by atoms with Gasteiger partial charge in [-0.15, -0.1) is 0 Å². The molecule has 0 aliphatic rings. The van der Waals surface area contributed by atoms with Crippen LogP contribution in [0.4, 0.5) is 0 Å². The third-order valence-electron chi connectivity index (χ3n) is 2.65. The zero-order valence-corrected chi connectivity index (χ0v) is 14.1. The van der Waals surface area contributed by atoms with Gasteiger partial charge in [0.15, 0.2) is 0 Å². The number of rotatable bonds is 8. The second kappa shape index (κ2) is 9.26. The van der Waals surface area contributed by atoms with Crippen LogP contribution in [0, 0.1) is 0 Å². The Morgan fingerprint density at radius 2 is 2.25 bits per heavy atom. The minimum Gasteiger partial charge on any atom is -0.496 e. The average molecular weight is 362 g/mol. The van der Waals surface area contributed by atoms with Crippen LogP contribution in [0.15, 0.2) is 22.7 Å². The van der Waals surface area contributed by atoms with Crippen molar-refractivity contribution in [3.8, 4) is 5.75 Å². The molecular weight excluding hydrogens is 342 g/mol. The first-order valence-corrected chi connectivity index (χ1v) is 8.35. The number of halogens is 1. The molecule has 0 amide bonds. The third-order valence-corrected chi connectivity index (χ3v) is 4.33. The fourth-order valence-electron chi connectivity index (χ4n) is 1.57. The molecule has 0 spiro atoms. The Kier molecular flexibility index (Phi) is 8.02. The van der Waals surface area contributed by atoms with Gasteiger partial charge in [0.1, 0.15) is 11.8 Å². The number of thioether (sulfide) groups is 1. The Bertz CT molecular complexity index is 442. The molecule has 1 aromatic rings. The molecule has 0 aromatic heterocycles. The minimum absolute atomic E-state index is 0.319.